The number of nitrogens with zero attached hydrogens (tertiary/aromatic N) is 4. The molecule has 2 aromatic carbocycles. The highest BCUT2D eigenvalue weighted by Gasteiger charge is 2.52. The van der Waals surface area contributed by atoms with Crippen molar-refractivity contribution in [2.75, 3.05) is 17.2 Å². The van der Waals surface area contributed by atoms with Crippen molar-refractivity contribution in [1.82, 2.24) is 14.3 Å². The van der Waals surface area contributed by atoms with Crippen molar-refractivity contribution >= 4 is 21.4 Å². The normalized spacial score (nSPS) is 19.1. The lowest BCUT2D eigenvalue weighted by Crippen LogP contribution is -2.43. The Bertz CT molecular complexity index is 1380. The Balaban J connectivity index is 1.72. The third kappa shape index (κ3) is 4.53. The second kappa shape index (κ2) is 9.04. The molecule has 2 aliphatic rings. The van der Waals surface area contributed by atoms with Gasteiger partial charge in [0.15, 0.2) is 0 Å². The van der Waals surface area contributed by atoms with Crippen molar-refractivity contribution in [3.05, 3.63) is 82.9 Å². The molecule has 7 nitrogen and oxygen atoms in total. The summed E-state index contributed by atoms with van der Waals surface area (Å²) in [4.78, 5) is 10.6. The maximum Gasteiger partial charge on any atom is 0.511 e. The minimum atomic E-state index is -5.58. The fraction of sp³-hybridized carbons (Fsp3) is 0.360. The molecule has 0 spiro atoms. The molecule has 1 atom stereocenters. The Morgan fingerprint density at radius 1 is 1.03 bits per heavy atom. The van der Waals surface area contributed by atoms with Gasteiger partial charge in [-0.05, 0) is 54.0 Å². The molecule has 11 heteroatoms. The number of hydrogen-bond donors (Lipinski definition) is 1. The van der Waals surface area contributed by atoms with Gasteiger partial charge in [0, 0.05) is 18.8 Å². The molecule has 1 aromatic heterocycles. The first-order valence-electron chi connectivity index (χ1n) is 11.6. The highest BCUT2D eigenvalue weighted by atomic mass is 32.2. The van der Waals surface area contributed by atoms with Crippen molar-refractivity contribution in [2.45, 2.75) is 50.3 Å². The van der Waals surface area contributed by atoms with Crippen LogP contribution in [0.15, 0.2) is 54.9 Å². The minimum Gasteiger partial charge on any atom is -0.396 e. The summed E-state index contributed by atoms with van der Waals surface area (Å²) < 4.78 is 67.6. The van der Waals surface area contributed by atoms with E-state index in [0.717, 1.165) is 29.5 Å². The van der Waals surface area contributed by atoms with E-state index in [1.165, 1.54) is 12.4 Å². The summed E-state index contributed by atoms with van der Waals surface area (Å²) in [5.41, 5.74) is 4.49. The molecule has 0 bridgehead atoms. The van der Waals surface area contributed by atoms with Gasteiger partial charge in [0.05, 0.1) is 30.7 Å². The van der Waals surface area contributed by atoms with Crippen LogP contribution in [0.5, 0.6) is 0 Å². The summed E-state index contributed by atoms with van der Waals surface area (Å²) >= 11 is 0. The largest absolute Gasteiger partial charge is 0.511 e. The summed E-state index contributed by atoms with van der Waals surface area (Å²) in [6, 6.07) is 12.2. The van der Waals surface area contributed by atoms with E-state index in [2.05, 4.69) is 9.97 Å². The van der Waals surface area contributed by atoms with E-state index >= 15 is 0 Å². The molecule has 0 amide bonds. The average Bonchev–Trinajstić information content (AvgIpc) is 3.68. The van der Waals surface area contributed by atoms with E-state index in [9.17, 15) is 21.6 Å². The SMILES string of the molecule is Cc1ccccc1[C@@H]1CN(S(=O)(=O)C(F)(F)F)Cc2c(C3CC3)cccc2N1Cc1ncc(N)cn1. The molecular formula is C25H26F3N5O2S. The molecule has 5 rings (SSSR count). The molecule has 36 heavy (non-hydrogen) atoms. The van der Waals surface area contributed by atoms with Gasteiger partial charge >= 0.3 is 15.5 Å². The van der Waals surface area contributed by atoms with E-state index in [1.54, 1.807) is 6.07 Å². The predicted molar refractivity (Wildman–Crippen MR) is 130 cm³/mol. The third-order valence-electron chi connectivity index (χ3n) is 6.82. The second-order valence-electron chi connectivity index (χ2n) is 9.30. The molecule has 0 saturated heterocycles. The Hall–Kier alpha value is -3.18. The van der Waals surface area contributed by atoms with E-state index in [0.29, 0.717) is 27.1 Å². The van der Waals surface area contributed by atoms with Gasteiger partial charge in [-0.1, -0.05) is 36.4 Å². The van der Waals surface area contributed by atoms with Crippen molar-refractivity contribution in [2.24, 2.45) is 0 Å². The standard InChI is InChI=1S/C25H26F3N5O2S/c1-16-5-2-3-6-19(16)23-14-32(36(34,35)25(26,27)28)13-21-20(17-9-10-17)7-4-8-22(21)33(23)15-24-30-11-18(29)12-31-24/h2-8,11-12,17,23H,9-10,13-15,29H2,1H3/t23-/m0/s1. The zero-order valence-corrected chi connectivity index (χ0v) is 20.4. The third-order valence-corrected chi connectivity index (χ3v) is 8.36. The van der Waals surface area contributed by atoms with E-state index < -0.39 is 21.6 Å². The van der Waals surface area contributed by atoms with Gasteiger partial charge in [0.2, 0.25) is 0 Å². The summed E-state index contributed by atoms with van der Waals surface area (Å²) in [7, 11) is -5.58. The maximum absolute atomic E-state index is 13.8. The topological polar surface area (TPSA) is 92.4 Å². The van der Waals surface area contributed by atoms with Gasteiger partial charge in [-0.15, -0.1) is 0 Å². The molecule has 1 aliphatic heterocycles. The smallest absolute Gasteiger partial charge is 0.396 e. The van der Waals surface area contributed by atoms with E-state index in [4.69, 9.17) is 5.73 Å². The van der Waals surface area contributed by atoms with E-state index in [1.807, 2.05) is 48.2 Å². The first-order valence-corrected chi connectivity index (χ1v) is 13.1. The molecule has 2 N–H and O–H groups in total. The van der Waals surface area contributed by atoms with Crippen LogP contribution in [-0.2, 0) is 23.1 Å². The van der Waals surface area contributed by atoms with Crippen LogP contribution < -0.4 is 10.6 Å². The number of hydrogen-bond acceptors (Lipinski definition) is 6. The van der Waals surface area contributed by atoms with Crippen LogP contribution >= 0.6 is 0 Å². The van der Waals surface area contributed by atoms with Gasteiger partial charge in [0.25, 0.3) is 0 Å². The number of aromatic nitrogens is 2. The number of benzene rings is 2. The quantitative estimate of drug-likeness (QED) is 0.529. The fourth-order valence-electron chi connectivity index (χ4n) is 4.86. The van der Waals surface area contributed by atoms with Gasteiger partial charge in [-0.2, -0.15) is 17.5 Å². The van der Waals surface area contributed by atoms with Crippen LogP contribution in [0.2, 0.25) is 0 Å². The van der Waals surface area contributed by atoms with Crippen LogP contribution in [0.25, 0.3) is 0 Å². The molecule has 1 aliphatic carbocycles. The molecular weight excluding hydrogens is 491 g/mol. The number of fused-ring (bicyclic) bond motifs is 1. The molecule has 1 saturated carbocycles. The Morgan fingerprint density at radius 3 is 2.33 bits per heavy atom. The summed E-state index contributed by atoms with van der Waals surface area (Å²) in [5, 5.41) is 0. The zero-order valence-electron chi connectivity index (χ0n) is 19.6. The Labute approximate surface area is 207 Å². The molecule has 2 heterocycles. The molecule has 190 valence electrons. The maximum atomic E-state index is 13.8. The first kappa shape index (κ1) is 24.5. The van der Waals surface area contributed by atoms with E-state index in [-0.39, 0.29) is 25.6 Å². The number of nitrogen functional groups attached to an aromatic ring is 1. The number of aryl methyl sites for hydroxylation is 1. The Kier molecular flexibility index (Phi) is 6.16. The first-order chi connectivity index (χ1) is 17.1. The number of sulfonamides is 1. The van der Waals surface area contributed by atoms with Crippen molar-refractivity contribution in [1.29, 1.82) is 0 Å². The number of nitrogens with two attached hydrogens (primary N) is 1. The fourth-order valence-corrected chi connectivity index (χ4v) is 5.79. The lowest BCUT2D eigenvalue weighted by atomic mass is 9.97. The number of rotatable bonds is 5. The Morgan fingerprint density at radius 2 is 1.69 bits per heavy atom. The minimum absolute atomic E-state index is 0.167. The van der Waals surface area contributed by atoms with Gasteiger partial charge in [0.1, 0.15) is 5.82 Å². The lowest BCUT2D eigenvalue weighted by Gasteiger charge is -2.35. The molecule has 3 aromatic rings. The highest BCUT2D eigenvalue weighted by Crippen LogP contribution is 2.47. The molecule has 0 unspecified atom stereocenters. The molecule has 1 fully saturated rings. The number of halogens is 3. The number of alkyl halides is 3. The average molecular weight is 518 g/mol. The van der Waals surface area contributed by atoms with Gasteiger partial charge in [-0.25, -0.2) is 18.4 Å². The lowest BCUT2D eigenvalue weighted by molar-refractivity contribution is -0.0492. The summed E-state index contributed by atoms with van der Waals surface area (Å²) in [6.07, 6.45) is 4.80. The van der Waals surface area contributed by atoms with Crippen molar-refractivity contribution in [3.8, 4) is 0 Å². The van der Waals surface area contributed by atoms with Crippen LogP contribution in [0, 0.1) is 6.92 Å². The molecule has 0 radical (unpaired) electrons. The second-order valence-corrected chi connectivity index (χ2v) is 11.2. The number of anilines is 2. The van der Waals surface area contributed by atoms with Crippen LogP contribution in [0.4, 0.5) is 24.5 Å². The van der Waals surface area contributed by atoms with Crippen LogP contribution in [0.1, 0.15) is 52.9 Å². The predicted octanol–water partition coefficient (Wildman–Crippen LogP) is 4.66. The van der Waals surface area contributed by atoms with Crippen molar-refractivity contribution < 1.29 is 21.6 Å². The highest BCUT2D eigenvalue weighted by molar-refractivity contribution is 7.89. The van der Waals surface area contributed by atoms with Gasteiger partial charge < -0.3 is 10.6 Å². The van der Waals surface area contributed by atoms with Crippen LogP contribution in [0.3, 0.4) is 0 Å². The van der Waals surface area contributed by atoms with Gasteiger partial charge in [-0.3, -0.25) is 0 Å². The van der Waals surface area contributed by atoms with Crippen molar-refractivity contribution in [3.63, 3.8) is 0 Å². The monoisotopic (exact) mass is 517 g/mol. The zero-order chi connectivity index (χ0) is 25.7. The summed E-state index contributed by atoms with van der Waals surface area (Å²) in [5.74, 6) is 0.637. The van der Waals surface area contributed by atoms with Crippen LogP contribution in [-0.4, -0.2) is 34.7 Å². The summed E-state index contributed by atoms with van der Waals surface area (Å²) in [6.45, 7) is 1.30.